The van der Waals surface area contributed by atoms with E-state index in [-0.39, 0.29) is 0 Å². The van der Waals surface area contributed by atoms with Crippen LogP contribution in [0.25, 0.3) is 5.69 Å². The summed E-state index contributed by atoms with van der Waals surface area (Å²) in [6, 6.07) is 4.10. The largest absolute Gasteiger partial charge is 0.261 e. The Hall–Kier alpha value is -1.97. The number of nitrogens with zero attached hydrogens (tertiary/aromatic N) is 4. The van der Waals surface area contributed by atoms with Crippen molar-refractivity contribution >= 4 is 0 Å². The normalized spacial score (nSPS) is 21.1. The van der Waals surface area contributed by atoms with Gasteiger partial charge in [-0.1, -0.05) is 12.2 Å². The fourth-order valence-corrected chi connectivity index (χ4v) is 2.98. The van der Waals surface area contributed by atoms with Crippen molar-refractivity contribution in [1.29, 1.82) is 0 Å². The second-order valence-electron chi connectivity index (χ2n) is 6.20. The van der Waals surface area contributed by atoms with Gasteiger partial charge in [0.1, 0.15) is 5.82 Å². The van der Waals surface area contributed by atoms with Gasteiger partial charge in [0.25, 0.3) is 0 Å². The van der Waals surface area contributed by atoms with Crippen LogP contribution in [0.5, 0.6) is 0 Å². The molecule has 0 amide bonds. The van der Waals surface area contributed by atoms with Crippen LogP contribution in [0.3, 0.4) is 0 Å². The smallest absolute Gasteiger partial charge is 0.154 e. The average molecular weight is 280 g/mol. The molecule has 4 nitrogen and oxygen atoms in total. The third-order valence-corrected chi connectivity index (χ3v) is 4.31. The topological polar surface area (TPSA) is 43.6 Å². The third-order valence-electron chi connectivity index (χ3n) is 4.31. The molecule has 2 heterocycles. The van der Waals surface area contributed by atoms with Crippen LogP contribution in [0.15, 0.2) is 30.5 Å². The van der Waals surface area contributed by atoms with Crippen LogP contribution in [0.4, 0.5) is 0 Å². The lowest BCUT2D eigenvalue weighted by Gasteiger charge is -2.09. The Labute approximate surface area is 124 Å². The quantitative estimate of drug-likeness (QED) is 0.807. The lowest BCUT2D eigenvalue weighted by Crippen LogP contribution is -2.08. The molecule has 1 fully saturated rings. The van der Waals surface area contributed by atoms with E-state index in [0.29, 0.717) is 11.8 Å². The van der Waals surface area contributed by atoms with Gasteiger partial charge >= 0.3 is 0 Å². The molecule has 2 aliphatic rings. The maximum atomic E-state index is 4.84. The molecule has 4 heteroatoms. The van der Waals surface area contributed by atoms with Gasteiger partial charge in [-0.05, 0) is 50.7 Å². The number of hydrogen-bond donors (Lipinski definition) is 0. The van der Waals surface area contributed by atoms with E-state index in [4.69, 9.17) is 10.1 Å². The molecule has 0 aliphatic heterocycles. The number of pyridine rings is 1. The molecule has 21 heavy (non-hydrogen) atoms. The first-order valence-corrected chi connectivity index (χ1v) is 7.85. The molecule has 2 aliphatic carbocycles. The summed E-state index contributed by atoms with van der Waals surface area (Å²) in [6.45, 7) is 2.02. The third kappa shape index (κ3) is 2.62. The summed E-state index contributed by atoms with van der Waals surface area (Å²) in [5, 5.41) is 4.78. The maximum Gasteiger partial charge on any atom is 0.154 e. The Morgan fingerprint density at radius 2 is 2.19 bits per heavy atom. The van der Waals surface area contributed by atoms with Crippen LogP contribution in [0.2, 0.25) is 0 Å². The highest BCUT2D eigenvalue weighted by Crippen LogP contribution is 2.38. The monoisotopic (exact) mass is 280 g/mol. The van der Waals surface area contributed by atoms with Crippen LogP contribution in [0, 0.1) is 12.8 Å². The van der Waals surface area contributed by atoms with Crippen molar-refractivity contribution in [1.82, 2.24) is 19.7 Å². The summed E-state index contributed by atoms with van der Waals surface area (Å²) < 4.78 is 2.04. The van der Waals surface area contributed by atoms with Gasteiger partial charge in [-0.25, -0.2) is 9.67 Å². The number of rotatable bonds is 4. The van der Waals surface area contributed by atoms with Crippen molar-refractivity contribution in [2.24, 2.45) is 5.92 Å². The molecule has 0 spiro atoms. The van der Waals surface area contributed by atoms with Gasteiger partial charge in [-0.15, -0.1) is 0 Å². The second kappa shape index (κ2) is 5.10. The van der Waals surface area contributed by atoms with Gasteiger partial charge in [0, 0.05) is 24.2 Å². The highest BCUT2D eigenvalue weighted by Gasteiger charge is 2.29. The van der Waals surface area contributed by atoms with Gasteiger partial charge in [-0.2, -0.15) is 5.10 Å². The predicted molar refractivity (Wildman–Crippen MR) is 81.4 cm³/mol. The van der Waals surface area contributed by atoms with Crippen LogP contribution < -0.4 is 0 Å². The number of aromatic nitrogens is 4. The van der Waals surface area contributed by atoms with E-state index in [2.05, 4.69) is 23.2 Å². The van der Waals surface area contributed by atoms with Crippen molar-refractivity contribution in [2.45, 2.75) is 44.9 Å². The van der Waals surface area contributed by atoms with Crippen LogP contribution in [0.1, 0.15) is 48.9 Å². The first-order chi connectivity index (χ1) is 10.3. The van der Waals surface area contributed by atoms with Crippen molar-refractivity contribution in [3.8, 4) is 5.69 Å². The van der Waals surface area contributed by atoms with E-state index in [1.807, 2.05) is 23.9 Å². The fraction of sp³-hybridized carbons (Fsp3) is 0.471. The molecule has 0 bridgehead atoms. The van der Waals surface area contributed by atoms with E-state index in [1.54, 1.807) is 0 Å². The molecule has 0 aromatic carbocycles. The van der Waals surface area contributed by atoms with E-state index in [0.717, 1.165) is 29.5 Å². The Morgan fingerprint density at radius 1 is 1.29 bits per heavy atom. The van der Waals surface area contributed by atoms with Crippen molar-refractivity contribution < 1.29 is 0 Å². The summed E-state index contributed by atoms with van der Waals surface area (Å²) in [6.07, 6.45) is 12.4. The SMILES string of the molecule is Cc1cc(-n2nc(C3CC3)nc2CC2C=CCC2)ccn1. The van der Waals surface area contributed by atoms with Gasteiger partial charge in [0.15, 0.2) is 5.82 Å². The molecule has 2 aromatic rings. The molecule has 0 radical (unpaired) electrons. The van der Waals surface area contributed by atoms with E-state index in [9.17, 15) is 0 Å². The summed E-state index contributed by atoms with van der Waals surface area (Å²) in [5.74, 6) is 3.33. The summed E-state index contributed by atoms with van der Waals surface area (Å²) in [5.41, 5.74) is 2.10. The molecule has 2 aromatic heterocycles. The standard InChI is InChI=1S/C17H20N4/c1-12-10-15(8-9-18-12)21-16(11-13-4-2-3-5-13)19-17(20-21)14-6-7-14/h2,4,8-10,13-14H,3,5-7,11H2,1H3. The Kier molecular flexibility index (Phi) is 3.09. The lowest BCUT2D eigenvalue weighted by atomic mass is 10.1. The summed E-state index contributed by atoms with van der Waals surface area (Å²) >= 11 is 0. The zero-order valence-electron chi connectivity index (χ0n) is 12.4. The lowest BCUT2D eigenvalue weighted by molar-refractivity contribution is 0.595. The van der Waals surface area contributed by atoms with Crippen LogP contribution >= 0.6 is 0 Å². The molecule has 1 atom stereocenters. The van der Waals surface area contributed by atoms with Gasteiger partial charge in [-0.3, -0.25) is 4.98 Å². The van der Waals surface area contributed by atoms with Gasteiger partial charge < -0.3 is 0 Å². The maximum absolute atomic E-state index is 4.84. The first-order valence-electron chi connectivity index (χ1n) is 7.85. The average Bonchev–Trinajstić information content (AvgIpc) is 3.05. The summed E-state index contributed by atoms with van der Waals surface area (Å²) in [4.78, 5) is 9.12. The van der Waals surface area contributed by atoms with Crippen molar-refractivity contribution in [3.05, 3.63) is 47.8 Å². The molecule has 0 saturated heterocycles. The molecule has 108 valence electrons. The first kappa shape index (κ1) is 12.7. The predicted octanol–water partition coefficient (Wildman–Crippen LogP) is 3.36. The highest BCUT2D eigenvalue weighted by molar-refractivity contribution is 5.32. The van der Waals surface area contributed by atoms with Crippen molar-refractivity contribution in [2.75, 3.05) is 0 Å². The fourth-order valence-electron chi connectivity index (χ4n) is 2.98. The van der Waals surface area contributed by atoms with E-state index >= 15 is 0 Å². The van der Waals surface area contributed by atoms with E-state index < -0.39 is 0 Å². The van der Waals surface area contributed by atoms with E-state index in [1.165, 1.54) is 25.7 Å². The van der Waals surface area contributed by atoms with Crippen molar-refractivity contribution in [3.63, 3.8) is 0 Å². The zero-order valence-corrected chi connectivity index (χ0v) is 12.4. The Morgan fingerprint density at radius 3 is 2.90 bits per heavy atom. The minimum atomic E-state index is 0.590. The van der Waals surface area contributed by atoms with Gasteiger partial charge in [0.05, 0.1) is 5.69 Å². The second-order valence-corrected chi connectivity index (χ2v) is 6.20. The van der Waals surface area contributed by atoms with Crippen LogP contribution in [-0.2, 0) is 6.42 Å². The minimum Gasteiger partial charge on any atom is -0.261 e. The zero-order chi connectivity index (χ0) is 14.2. The molecule has 1 unspecified atom stereocenters. The molecule has 4 rings (SSSR count). The Balaban J connectivity index is 1.71. The molecular formula is C17H20N4. The number of aryl methyl sites for hydroxylation is 1. The molecule has 1 saturated carbocycles. The minimum absolute atomic E-state index is 0.590. The van der Waals surface area contributed by atoms with Crippen LogP contribution in [-0.4, -0.2) is 19.7 Å². The molecular weight excluding hydrogens is 260 g/mol. The highest BCUT2D eigenvalue weighted by atomic mass is 15.4. The Bertz CT molecular complexity index is 682. The molecule has 0 N–H and O–H groups in total. The number of hydrogen-bond acceptors (Lipinski definition) is 3. The van der Waals surface area contributed by atoms with Gasteiger partial charge in [0.2, 0.25) is 0 Å². The number of allylic oxidation sites excluding steroid dienone is 2. The summed E-state index contributed by atoms with van der Waals surface area (Å²) in [7, 11) is 0.